The number of rotatable bonds is 0. The number of hydrogen-bond acceptors (Lipinski definition) is 4. The minimum Gasteiger partial charge on any atom is -0.295 e. The summed E-state index contributed by atoms with van der Waals surface area (Å²) in [5.41, 5.74) is 4.12. The molecule has 0 aliphatic carbocycles. The van der Waals surface area contributed by atoms with Gasteiger partial charge in [-0.05, 0) is 30.5 Å². The van der Waals surface area contributed by atoms with Gasteiger partial charge in [0.2, 0.25) is 0 Å². The van der Waals surface area contributed by atoms with E-state index < -0.39 is 0 Å². The van der Waals surface area contributed by atoms with Gasteiger partial charge in [-0.2, -0.15) is 4.83 Å². The van der Waals surface area contributed by atoms with Gasteiger partial charge in [-0.15, -0.1) is 0 Å². The summed E-state index contributed by atoms with van der Waals surface area (Å²) in [6.45, 7) is 2.03. The highest BCUT2D eigenvalue weighted by Crippen LogP contribution is 2.27. The van der Waals surface area contributed by atoms with Crippen LogP contribution in [0.1, 0.15) is 5.56 Å². The molecular weight excluding hydrogens is 146 g/mol. The number of hydrazine groups is 1. The topological polar surface area (TPSA) is 37.0 Å². The van der Waals surface area contributed by atoms with Gasteiger partial charge < -0.3 is 0 Å². The zero-order valence-electron chi connectivity index (χ0n) is 5.51. The molecule has 1 aliphatic heterocycles. The van der Waals surface area contributed by atoms with E-state index in [0.717, 1.165) is 5.82 Å². The van der Waals surface area contributed by atoms with Gasteiger partial charge in [0, 0.05) is 6.20 Å². The molecule has 0 unspecified atom stereocenters. The van der Waals surface area contributed by atoms with Gasteiger partial charge in [0.25, 0.3) is 0 Å². The van der Waals surface area contributed by atoms with Crippen molar-refractivity contribution in [2.24, 2.45) is 0 Å². The number of nitrogens with one attached hydrogen (secondary N) is 2. The molecule has 0 bridgehead atoms. The van der Waals surface area contributed by atoms with Crippen LogP contribution in [0.25, 0.3) is 0 Å². The third-order valence-electron chi connectivity index (χ3n) is 1.32. The minimum absolute atomic E-state index is 0.926. The summed E-state index contributed by atoms with van der Waals surface area (Å²) in [5.74, 6) is 0.926. The maximum atomic E-state index is 4.16. The number of aryl methyl sites for hydroxylation is 1. The van der Waals surface area contributed by atoms with E-state index >= 15 is 0 Å². The average molecular weight is 153 g/mol. The largest absolute Gasteiger partial charge is 0.295 e. The SMILES string of the molecule is Cc1cnc2c(c1)SNN2. The maximum Gasteiger partial charge on any atom is 0.155 e. The van der Waals surface area contributed by atoms with Crippen molar-refractivity contribution in [3.05, 3.63) is 17.8 Å². The van der Waals surface area contributed by atoms with Gasteiger partial charge in [0.15, 0.2) is 5.82 Å². The standard InChI is InChI=1S/C6H7N3S/c1-4-2-5-6(7-3-4)8-9-10-5/h2-3,9H,1H3,(H,7,8). The van der Waals surface area contributed by atoms with E-state index in [1.165, 1.54) is 10.5 Å². The fourth-order valence-electron chi connectivity index (χ4n) is 0.843. The second kappa shape index (κ2) is 2.14. The summed E-state index contributed by atoms with van der Waals surface area (Å²) < 4.78 is 0. The lowest BCUT2D eigenvalue weighted by atomic mass is 10.3. The van der Waals surface area contributed by atoms with E-state index in [9.17, 15) is 0 Å². The Morgan fingerprint density at radius 3 is 3.40 bits per heavy atom. The van der Waals surface area contributed by atoms with E-state index in [2.05, 4.69) is 21.3 Å². The van der Waals surface area contributed by atoms with Crippen molar-refractivity contribution in [3.63, 3.8) is 0 Å². The van der Waals surface area contributed by atoms with Crippen LogP contribution in [0.5, 0.6) is 0 Å². The summed E-state index contributed by atoms with van der Waals surface area (Å²) in [5, 5.41) is 0. The molecule has 0 aromatic carbocycles. The summed E-state index contributed by atoms with van der Waals surface area (Å²) >= 11 is 1.56. The van der Waals surface area contributed by atoms with Crippen molar-refractivity contribution in [1.29, 1.82) is 0 Å². The van der Waals surface area contributed by atoms with E-state index in [0.29, 0.717) is 0 Å². The van der Waals surface area contributed by atoms with Crippen LogP contribution in [0.3, 0.4) is 0 Å². The van der Waals surface area contributed by atoms with Crippen LogP contribution < -0.4 is 10.3 Å². The molecule has 52 valence electrons. The first-order valence-electron chi connectivity index (χ1n) is 3.01. The highest BCUT2D eigenvalue weighted by atomic mass is 32.2. The highest BCUT2D eigenvalue weighted by molar-refractivity contribution is 7.98. The lowest BCUT2D eigenvalue weighted by Crippen LogP contribution is -2.05. The van der Waals surface area contributed by atoms with E-state index in [1.54, 1.807) is 11.9 Å². The van der Waals surface area contributed by atoms with Crippen LogP contribution in [-0.4, -0.2) is 4.98 Å². The molecule has 10 heavy (non-hydrogen) atoms. The zero-order valence-corrected chi connectivity index (χ0v) is 6.33. The normalized spacial score (nSPS) is 14.5. The Morgan fingerprint density at radius 1 is 1.60 bits per heavy atom. The van der Waals surface area contributed by atoms with Crippen LogP contribution >= 0.6 is 11.9 Å². The van der Waals surface area contributed by atoms with Gasteiger partial charge in [-0.1, -0.05) is 0 Å². The van der Waals surface area contributed by atoms with Gasteiger partial charge in [-0.25, -0.2) is 4.98 Å². The molecule has 3 nitrogen and oxygen atoms in total. The second-order valence-corrected chi connectivity index (χ2v) is 3.04. The maximum absolute atomic E-state index is 4.16. The highest BCUT2D eigenvalue weighted by Gasteiger charge is 2.10. The van der Waals surface area contributed by atoms with Gasteiger partial charge in [0.1, 0.15) is 0 Å². The smallest absolute Gasteiger partial charge is 0.155 e. The summed E-state index contributed by atoms with van der Waals surface area (Å²) in [4.78, 5) is 8.25. The molecule has 0 atom stereocenters. The van der Waals surface area contributed by atoms with E-state index in [4.69, 9.17) is 0 Å². The lowest BCUT2D eigenvalue weighted by molar-refractivity contribution is 1.14. The molecule has 2 rings (SSSR count). The average Bonchev–Trinajstić information content (AvgIpc) is 2.33. The number of pyridine rings is 1. The first-order chi connectivity index (χ1) is 4.86. The van der Waals surface area contributed by atoms with Crippen molar-refractivity contribution in [1.82, 2.24) is 9.82 Å². The molecule has 0 amide bonds. The lowest BCUT2D eigenvalue weighted by Gasteiger charge is -1.94. The molecule has 0 spiro atoms. The minimum atomic E-state index is 0.926. The Bertz CT molecular complexity index is 261. The molecular formula is C6H7N3S. The molecule has 2 N–H and O–H groups in total. The van der Waals surface area contributed by atoms with Crippen molar-refractivity contribution >= 4 is 17.8 Å². The molecule has 1 aromatic rings. The monoisotopic (exact) mass is 153 g/mol. The van der Waals surface area contributed by atoms with Gasteiger partial charge in [0.05, 0.1) is 4.90 Å². The Labute approximate surface area is 63.3 Å². The molecule has 0 saturated heterocycles. The Hall–Kier alpha value is -0.740. The number of aromatic nitrogens is 1. The van der Waals surface area contributed by atoms with E-state index in [-0.39, 0.29) is 0 Å². The Balaban J connectivity index is 2.52. The van der Waals surface area contributed by atoms with Crippen LogP contribution in [0.15, 0.2) is 17.2 Å². The third-order valence-corrected chi connectivity index (χ3v) is 2.06. The number of fused-ring (bicyclic) bond motifs is 1. The first kappa shape index (κ1) is 6.00. The van der Waals surface area contributed by atoms with Crippen molar-refractivity contribution in [3.8, 4) is 0 Å². The fraction of sp³-hybridized carbons (Fsp3) is 0.167. The molecule has 1 aliphatic rings. The van der Waals surface area contributed by atoms with Crippen LogP contribution in [0.4, 0.5) is 5.82 Å². The molecule has 0 radical (unpaired) electrons. The second-order valence-electron chi connectivity index (χ2n) is 2.19. The predicted molar refractivity (Wildman–Crippen MR) is 41.6 cm³/mol. The van der Waals surface area contributed by atoms with Crippen molar-refractivity contribution in [2.45, 2.75) is 11.8 Å². The number of anilines is 1. The van der Waals surface area contributed by atoms with Crippen molar-refractivity contribution < 1.29 is 0 Å². The molecule has 0 fully saturated rings. The molecule has 1 aromatic heterocycles. The van der Waals surface area contributed by atoms with Gasteiger partial charge in [-0.3, -0.25) is 5.43 Å². The van der Waals surface area contributed by atoms with Gasteiger partial charge >= 0.3 is 0 Å². The third kappa shape index (κ3) is 0.853. The molecule has 4 heteroatoms. The summed E-state index contributed by atoms with van der Waals surface area (Å²) in [6.07, 6.45) is 1.85. The predicted octanol–water partition coefficient (Wildman–Crippen LogP) is 1.33. The zero-order chi connectivity index (χ0) is 6.97. The van der Waals surface area contributed by atoms with Crippen LogP contribution in [0, 0.1) is 6.92 Å². The Morgan fingerprint density at radius 2 is 2.50 bits per heavy atom. The number of nitrogens with zero attached hydrogens (tertiary/aromatic N) is 1. The number of hydrogen-bond donors (Lipinski definition) is 2. The van der Waals surface area contributed by atoms with Crippen LogP contribution in [0.2, 0.25) is 0 Å². The van der Waals surface area contributed by atoms with Crippen molar-refractivity contribution in [2.75, 3.05) is 5.43 Å². The van der Waals surface area contributed by atoms with Crippen LogP contribution in [-0.2, 0) is 0 Å². The van der Waals surface area contributed by atoms with E-state index in [1.807, 2.05) is 13.1 Å². The molecule has 0 saturated carbocycles. The first-order valence-corrected chi connectivity index (χ1v) is 3.82. The fourth-order valence-corrected chi connectivity index (χ4v) is 1.55. The quantitative estimate of drug-likeness (QED) is 0.551. The summed E-state index contributed by atoms with van der Waals surface area (Å²) in [6, 6.07) is 2.10. The molecule has 2 heterocycles. The summed E-state index contributed by atoms with van der Waals surface area (Å²) in [7, 11) is 0. The Kier molecular flexibility index (Phi) is 1.28.